The second-order valence-corrected chi connectivity index (χ2v) is 12.7. The molecule has 202 valence electrons. The molecule has 0 bridgehead atoms. The first kappa shape index (κ1) is 28.3. The predicted octanol–water partition coefficient (Wildman–Crippen LogP) is 8.77. The summed E-state index contributed by atoms with van der Waals surface area (Å²) >= 11 is 1.53. The third kappa shape index (κ3) is 6.85. The van der Waals surface area contributed by atoms with Gasteiger partial charge in [-0.1, -0.05) is 84.9 Å². The van der Waals surface area contributed by atoms with Gasteiger partial charge in [0.25, 0.3) is 0 Å². The Morgan fingerprint density at radius 2 is 1.08 bits per heavy atom. The molecular formula is C34H36O4S. The largest absolute Gasteiger partial charge is 0.452 e. The smallest absolute Gasteiger partial charge is 0.312 e. The minimum Gasteiger partial charge on any atom is -0.452 e. The van der Waals surface area contributed by atoms with E-state index in [1.165, 1.54) is 11.3 Å². The van der Waals surface area contributed by atoms with Gasteiger partial charge in [-0.3, -0.25) is 9.59 Å². The molecule has 0 N–H and O–H groups in total. The molecule has 4 nitrogen and oxygen atoms in total. The van der Waals surface area contributed by atoms with Crippen molar-refractivity contribution in [1.82, 2.24) is 0 Å². The first-order valence-corrected chi connectivity index (χ1v) is 14.0. The lowest BCUT2D eigenvalue weighted by molar-refractivity contribution is -0.158. The lowest BCUT2D eigenvalue weighted by atomic mass is 9.91. The van der Waals surface area contributed by atoms with Gasteiger partial charge in [-0.2, -0.15) is 0 Å². The fourth-order valence-electron chi connectivity index (χ4n) is 4.06. The summed E-state index contributed by atoms with van der Waals surface area (Å²) in [6.45, 7) is 11.1. The lowest BCUT2D eigenvalue weighted by Crippen LogP contribution is -2.27. The molecule has 0 spiro atoms. The van der Waals surface area contributed by atoms with Gasteiger partial charge in [-0.15, -0.1) is 11.3 Å². The molecule has 2 unspecified atom stereocenters. The standard InChI is InChI=1S/C34H36O4S/c1-33(2,3)31(35)37-29(25-20-18-24(19-21-25)23-13-8-7-9-14-23)26-15-10-11-16-27(26)30(28-17-12-22-39-28)38-32(36)34(4,5)6/h7-22,29-30H,1-6H3. The van der Waals surface area contributed by atoms with E-state index in [9.17, 15) is 9.59 Å². The molecule has 0 saturated heterocycles. The molecule has 2 atom stereocenters. The topological polar surface area (TPSA) is 52.6 Å². The van der Waals surface area contributed by atoms with E-state index in [4.69, 9.17) is 9.47 Å². The van der Waals surface area contributed by atoms with Crippen LogP contribution in [0.2, 0.25) is 0 Å². The monoisotopic (exact) mass is 540 g/mol. The summed E-state index contributed by atoms with van der Waals surface area (Å²) in [6, 6.07) is 29.9. The van der Waals surface area contributed by atoms with Crippen molar-refractivity contribution >= 4 is 23.3 Å². The normalized spacial score (nSPS) is 13.4. The van der Waals surface area contributed by atoms with Crippen molar-refractivity contribution in [3.63, 3.8) is 0 Å². The van der Waals surface area contributed by atoms with Crippen molar-refractivity contribution in [3.05, 3.63) is 118 Å². The summed E-state index contributed by atoms with van der Waals surface area (Å²) in [5.74, 6) is -0.611. The fraction of sp³-hybridized carbons (Fsp3) is 0.294. The van der Waals surface area contributed by atoms with E-state index >= 15 is 0 Å². The molecule has 0 fully saturated rings. The van der Waals surface area contributed by atoms with Crippen LogP contribution in [0.25, 0.3) is 11.1 Å². The van der Waals surface area contributed by atoms with E-state index in [2.05, 4.69) is 12.1 Å². The first-order chi connectivity index (χ1) is 18.4. The van der Waals surface area contributed by atoms with Gasteiger partial charge < -0.3 is 9.47 Å². The van der Waals surface area contributed by atoms with E-state index in [0.29, 0.717) is 0 Å². The molecule has 0 saturated carbocycles. The predicted molar refractivity (Wildman–Crippen MR) is 157 cm³/mol. The molecule has 0 aliphatic carbocycles. The average Bonchev–Trinajstić information content (AvgIpc) is 3.44. The van der Waals surface area contributed by atoms with Crippen molar-refractivity contribution in [1.29, 1.82) is 0 Å². The third-order valence-electron chi connectivity index (χ3n) is 6.36. The van der Waals surface area contributed by atoms with Crippen molar-refractivity contribution in [2.24, 2.45) is 10.8 Å². The lowest BCUT2D eigenvalue weighted by Gasteiger charge is -2.29. The highest BCUT2D eigenvalue weighted by Crippen LogP contribution is 2.39. The van der Waals surface area contributed by atoms with Gasteiger partial charge in [-0.05, 0) is 69.7 Å². The number of benzene rings is 3. The van der Waals surface area contributed by atoms with Crippen LogP contribution >= 0.6 is 11.3 Å². The van der Waals surface area contributed by atoms with Crippen molar-refractivity contribution in [2.45, 2.75) is 53.8 Å². The van der Waals surface area contributed by atoms with Crippen LogP contribution in [0.15, 0.2) is 96.4 Å². The number of hydrogen-bond acceptors (Lipinski definition) is 5. The quantitative estimate of drug-likeness (QED) is 0.220. The van der Waals surface area contributed by atoms with Gasteiger partial charge in [0.2, 0.25) is 0 Å². The second-order valence-electron chi connectivity index (χ2n) is 11.7. The number of carbonyl (C=O) groups excluding carboxylic acids is 2. The Labute approximate surface area is 235 Å². The molecule has 4 rings (SSSR count). The summed E-state index contributed by atoms with van der Waals surface area (Å²) < 4.78 is 12.4. The Balaban J connectivity index is 1.82. The highest BCUT2D eigenvalue weighted by atomic mass is 32.1. The average molecular weight is 541 g/mol. The molecular weight excluding hydrogens is 504 g/mol. The number of thiophene rings is 1. The number of ether oxygens (including phenoxy) is 2. The van der Waals surface area contributed by atoms with Gasteiger partial charge in [0.05, 0.1) is 10.8 Å². The molecule has 1 aromatic heterocycles. The Bertz CT molecular complexity index is 1390. The zero-order valence-electron chi connectivity index (χ0n) is 23.4. The van der Waals surface area contributed by atoms with Crippen molar-refractivity contribution in [2.75, 3.05) is 0 Å². The fourth-order valence-corrected chi connectivity index (χ4v) is 4.83. The van der Waals surface area contributed by atoms with E-state index in [1.54, 1.807) is 0 Å². The van der Waals surface area contributed by atoms with Gasteiger partial charge in [0, 0.05) is 16.0 Å². The van der Waals surface area contributed by atoms with E-state index < -0.39 is 23.0 Å². The maximum Gasteiger partial charge on any atom is 0.312 e. The highest BCUT2D eigenvalue weighted by molar-refractivity contribution is 7.10. The van der Waals surface area contributed by atoms with E-state index in [0.717, 1.165) is 32.7 Å². The van der Waals surface area contributed by atoms with Gasteiger partial charge in [-0.25, -0.2) is 0 Å². The minimum atomic E-state index is -0.691. The Kier molecular flexibility index (Phi) is 8.41. The Morgan fingerprint density at radius 1 is 0.590 bits per heavy atom. The maximum atomic E-state index is 13.2. The van der Waals surface area contributed by atoms with Crippen LogP contribution in [-0.2, 0) is 19.1 Å². The summed E-state index contributed by atoms with van der Waals surface area (Å²) in [7, 11) is 0. The van der Waals surface area contributed by atoms with Crippen LogP contribution in [-0.4, -0.2) is 11.9 Å². The summed E-state index contributed by atoms with van der Waals surface area (Å²) in [5, 5.41) is 1.97. The number of carbonyl (C=O) groups is 2. The maximum absolute atomic E-state index is 13.2. The van der Waals surface area contributed by atoms with Crippen LogP contribution in [0.5, 0.6) is 0 Å². The molecule has 0 amide bonds. The Morgan fingerprint density at radius 3 is 1.59 bits per heavy atom. The minimum absolute atomic E-state index is 0.300. The molecule has 4 aromatic rings. The van der Waals surface area contributed by atoms with Gasteiger partial charge in [0.1, 0.15) is 0 Å². The SMILES string of the molecule is CC(C)(C)C(=O)OC(c1ccc(-c2ccccc2)cc1)c1ccccc1C(OC(=O)C(C)(C)C)c1cccs1. The summed E-state index contributed by atoms with van der Waals surface area (Å²) in [4.78, 5) is 27.2. The van der Waals surface area contributed by atoms with E-state index in [-0.39, 0.29) is 11.9 Å². The van der Waals surface area contributed by atoms with Crippen LogP contribution in [0.4, 0.5) is 0 Å². The molecule has 0 aliphatic heterocycles. The van der Waals surface area contributed by atoms with Crippen LogP contribution in [0, 0.1) is 10.8 Å². The molecule has 1 heterocycles. The van der Waals surface area contributed by atoms with Crippen LogP contribution in [0.1, 0.15) is 75.3 Å². The van der Waals surface area contributed by atoms with Crippen LogP contribution < -0.4 is 0 Å². The number of esters is 2. The van der Waals surface area contributed by atoms with E-state index in [1.807, 2.05) is 126 Å². The van der Waals surface area contributed by atoms with Crippen molar-refractivity contribution < 1.29 is 19.1 Å². The molecule has 0 radical (unpaired) electrons. The second kappa shape index (κ2) is 11.6. The summed E-state index contributed by atoms with van der Waals surface area (Å²) in [6.07, 6.45) is -1.32. The Hall–Kier alpha value is -3.70. The molecule has 5 heteroatoms. The third-order valence-corrected chi connectivity index (χ3v) is 7.27. The molecule has 3 aromatic carbocycles. The summed E-state index contributed by atoms with van der Waals surface area (Å²) in [5.41, 5.74) is 3.23. The first-order valence-electron chi connectivity index (χ1n) is 13.1. The van der Waals surface area contributed by atoms with Gasteiger partial charge >= 0.3 is 11.9 Å². The number of rotatable bonds is 7. The highest BCUT2D eigenvalue weighted by Gasteiger charge is 2.34. The zero-order valence-corrected chi connectivity index (χ0v) is 24.3. The van der Waals surface area contributed by atoms with Crippen LogP contribution in [0.3, 0.4) is 0 Å². The van der Waals surface area contributed by atoms with Crippen molar-refractivity contribution in [3.8, 4) is 11.1 Å². The van der Waals surface area contributed by atoms with Gasteiger partial charge in [0.15, 0.2) is 12.2 Å². The molecule has 39 heavy (non-hydrogen) atoms. The zero-order chi connectivity index (χ0) is 28.2. The molecule has 0 aliphatic rings. The number of hydrogen-bond donors (Lipinski definition) is 0.